The van der Waals surface area contributed by atoms with Crippen LogP contribution in [0.1, 0.15) is 18.2 Å². The van der Waals surface area contributed by atoms with Crippen molar-refractivity contribution in [1.29, 1.82) is 0 Å². The van der Waals surface area contributed by atoms with Crippen molar-refractivity contribution < 1.29 is 22.7 Å². The Morgan fingerprint density at radius 3 is 2.79 bits per heavy atom. The lowest BCUT2D eigenvalue weighted by Crippen LogP contribution is -2.47. The summed E-state index contributed by atoms with van der Waals surface area (Å²) in [5.41, 5.74) is 0.874. The van der Waals surface area contributed by atoms with Gasteiger partial charge in [0.25, 0.3) is 0 Å². The van der Waals surface area contributed by atoms with Gasteiger partial charge in [-0.15, -0.1) is 11.3 Å². The second-order valence-corrected chi connectivity index (χ2v) is 10.7. The van der Waals surface area contributed by atoms with Gasteiger partial charge in [0.1, 0.15) is 12.6 Å². The van der Waals surface area contributed by atoms with E-state index in [1.54, 1.807) is 36.4 Å². The van der Waals surface area contributed by atoms with Crippen LogP contribution in [0, 0.1) is 0 Å². The van der Waals surface area contributed by atoms with Crippen LogP contribution >= 0.6 is 22.9 Å². The van der Waals surface area contributed by atoms with Crippen LogP contribution in [0.15, 0.2) is 42.1 Å². The average Bonchev–Trinajstić information content (AvgIpc) is 3.37. The molecule has 1 N–H and O–H groups in total. The molecule has 1 fully saturated rings. The molecule has 12 heteroatoms. The number of rotatable bonds is 11. The molecule has 1 aliphatic heterocycles. The summed E-state index contributed by atoms with van der Waals surface area (Å²) in [6, 6.07) is 6.00. The number of esters is 1. The minimum absolute atomic E-state index is 0.113. The lowest BCUT2D eigenvalue weighted by atomic mass is 10.2. The summed E-state index contributed by atoms with van der Waals surface area (Å²) < 4.78 is 32.6. The van der Waals surface area contributed by atoms with Crippen LogP contribution in [0.2, 0.25) is 4.34 Å². The third-order valence-corrected chi connectivity index (χ3v) is 7.64. The zero-order chi connectivity index (χ0) is 23.8. The molecule has 0 bridgehead atoms. The molecule has 0 aliphatic carbocycles. The van der Waals surface area contributed by atoms with Gasteiger partial charge in [0, 0.05) is 48.0 Å². The minimum Gasteiger partial charge on any atom is -0.465 e. The molecule has 33 heavy (non-hydrogen) atoms. The van der Waals surface area contributed by atoms with Crippen molar-refractivity contribution in [3.63, 3.8) is 0 Å². The fraction of sp³-hybridized carbons (Fsp3) is 0.381. The Bertz CT molecular complexity index is 1090. The zero-order valence-corrected chi connectivity index (χ0v) is 20.4. The first-order valence-corrected chi connectivity index (χ1v) is 13.0. The molecule has 2 aromatic heterocycles. The van der Waals surface area contributed by atoms with Gasteiger partial charge in [0.15, 0.2) is 0 Å². The summed E-state index contributed by atoms with van der Waals surface area (Å²) in [7, 11) is -4.08. The number of hydrogen-bond acceptors (Lipinski definition) is 8. The third kappa shape index (κ3) is 7.00. The Morgan fingerprint density at radius 2 is 2.12 bits per heavy atom. The van der Waals surface area contributed by atoms with Crippen LogP contribution in [-0.4, -0.2) is 73.3 Å². The van der Waals surface area contributed by atoms with Crippen molar-refractivity contribution in [2.75, 3.05) is 38.1 Å². The van der Waals surface area contributed by atoms with E-state index < -0.39 is 28.6 Å². The van der Waals surface area contributed by atoms with Crippen LogP contribution in [0.5, 0.6) is 0 Å². The number of aromatic nitrogens is 1. The highest BCUT2D eigenvalue weighted by Gasteiger charge is 2.41. The molecule has 3 heterocycles. The first-order chi connectivity index (χ1) is 15.8. The Balaban J connectivity index is 1.71. The highest BCUT2D eigenvalue weighted by Crippen LogP contribution is 2.25. The van der Waals surface area contributed by atoms with E-state index in [1.807, 2.05) is 12.1 Å². The van der Waals surface area contributed by atoms with E-state index in [1.165, 1.54) is 17.4 Å². The van der Waals surface area contributed by atoms with Crippen molar-refractivity contribution in [2.45, 2.75) is 19.4 Å². The van der Waals surface area contributed by atoms with Crippen molar-refractivity contribution in [2.24, 2.45) is 0 Å². The number of nitrogens with zero attached hydrogens (tertiary/aromatic N) is 3. The van der Waals surface area contributed by atoms with Crippen LogP contribution in [-0.2, 0) is 24.3 Å². The van der Waals surface area contributed by atoms with Gasteiger partial charge in [-0.3, -0.25) is 14.6 Å². The van der Waals surface area contributed by atoms with Crippen LogP contribution < -0.4 is 5.32 Å². The van der Waals surface area contributed by atoms with Crippen LogP contribution in [0.25, 0.3) is 6.08 Å². The largest absolute Gasteiger partial charge is 0.465 e. The minimum atomic E-state index is -4.08. The SMILES string of the molecule is CCOC(=O)CN(C1CCN(CCNc2ccncc2)C1=O)S(=O)(=O)C=Cc1ccc(Cl)s1. The molecule has 2 aromatic rings. The smallest absolute Gasteiger partial charge is 0.321 e. The van der Waals surface area contributed by atoms with Gasteiger partial charge in [-0.25, -0.2) is 8.42 Å². The van der Waals surface area contributed by atoms with Crippen molar-refractivity contribution >= 4 is 56.6 Å². The molecule has 0 radical (unpaired) electrons. The number of ether oxygens (including phenoxy) is 1. The molecule has 1 amide bonds. The number of likely N-dealkylation sites (tertiary alicyclic amines) is 1. The fourth-order valence-electron chi connectivity index (χ4n) is 3.38. The lowest BCUT2D eigenvalue weighted by Gasteiger charge is -2.25. The highest BCUT2D eigenvalue weighted by atomic mass is 35.5. The number of pyridine rings is 1. The maximum Gasteiger partial charge on any atom is 0.321 e. The Labute approximate surface area is 202 Å². The monoisotopic (exact) mass is 512 g/mol. The molecular weight excluding hydrogens is 488 g/mol. The standard InChI is InChI=1S/C21H25ClN4O5S2/c1-2-31-20(27)15-26(33(29,30)14-8-17-3-4-19(22)32-17)18-7-12-25(21(18)28)13-11-24-16-5-9-23-10-6-16/h3-6,8-10,14,18H,2,7,11-13,15H2,1H3,(H,23,24). The van der Waals surface area contributed by atoms with Gasteiger partial charge >= 0.3 is 5.97 Å². The number of thiophene rings is 1. The average molecular weight is 513 g/mol. The predicted octanol–water partition coefficient (Wildman–Crippen LogP) is 2.68. The van der Waals surface area contributed by atoms with E-state index >= 15 is 0 Å². The maximum atomic E-state index is 13.1. The second-order valence-electron chi connectivity index (χ2n) is 7.13. The topological polar surface area (TPSA) is 109 Å². The quantitative estimate of drug-likeness (QED) is 0.461. The summed E-state index contributed by atoms with van der Waals surface area (Å²) in [6.45, 7) is 2.49. The summed E-state index contributed by atoms with van der Waals surface area (Å²) >= 11 is 7.12. The zero-order valence-electron chi connectivity index (χ0n) is 18.0. The lowest BCUT2D eigenvalue weighted by molar-refractivity contribution is -0.144. The molecule has 0 saturated carbocycles. The fourth-order valence-corrected chi connectivity index (χ4v) is 5.74. The highest BCUT2D eigenvalue weighted by molar-refractivity contribution is 7.92. The van der Waals surface area contributed by atoms with Crippen LogP contribution in [0.3, 0.4) is 0 Å². The number of halogens is 1. The number of carbonyl (C=O) groups excluding carboxylic acids is 2. The molecule has 0 aromatic carbocycles. The van der Waals surface area contributed by atoms with Gasteiger partial charge in [-0.1, -0.05) is 11.6 Å². The summed E-state index contributed by atoms with van der Waals surface area (Å²) in [6.07, 6.45) is 5.01. The van der Waals surface area contributed by atoms with E-state index in [0.29, 0.717) is 28.8 Å². The van der Waals surface area contributed by atoms with Crippen LogP contribution in [0.4, 0.5) is 5.69 Å². The Kier molecular flexibility index (Phi) is 8.84. The predicted molar refractivity (Wildman–Crippen MR) is 128 cm³/mol. The Hall–Kier alpha value is -2.47. The first kappa shape index (κ1) is 25.2. The molecule has 178 valence electrons. The van der Waals surface area contributed by atoms with Gasteiger partial charge in [-0.2, -0.15) is 4.31 Å². The number of anilines is 1. The van der Waals surface area contributed by atoms with Gasteiger partial charge in [-0.05, 0) is 43.7 Å². The molecule has 0 spiro atoms. The van der Waals surface area contributed by atoms with Gasteiger partial charge in [0.05, 0.1) is 10.9 Å². The number of hydrogen-bond donors (Lipinski definition) is 1. The number of carbonyl (C=O) groups is 2. The number of nitrogens with one attached hydrogen (secondary N) is 1. The number of sulfonamides is 1. The molecule has 1 unspecified atom stereocenters. The Morgan fingerprint density at radius 1 is 1.36 bits per heavy atom. The van der Waals surface area contributed by atoms with Crippen molar-refractivity contribution in [3.05, 3.63) is 51.3 Å². The number of amides is 1. The van der Waals surface area contributed by atoms with E-state index in [4.69, 9.17) is 16.3 Å². The third-order valence-electron chi connectivity index (χ3n) is 4.92. The first-order valence-electron chi connectivity index (χ1n) is 10.3. The summed E-state index contributed by atoms with van der Waals surface area (Å²) in [5.74, 6) is -1.05. The molecule has 1 atom stereocenters. The van der Waals surface area contributed by atoms with Gasteiger partial charge in [0.2, 0.25) is 15.9 Å². The maximum absolute atomic E-state index is 13.1. The van der Waals surface area contributed by atoms with E-state index in [0.717, 1.165) is 15.4 Å². The van der Waals surface area contributed by atoms with E-state index in [2.05, 4.69) is 10.3 Å². The van der Waals surface area contributed by atoms with E-state index in [-0.39, 0.29) is 18.9 Å². The molecule has 1 saturated heterocycles. The van der Waals surface area contributed by atoms with E-state index in [9.17, 15) is 18.0 Å². The molecule has 3 rings (SSSR count). The summed E-state index contributed by atoms with van der Waals surface area (Å²) in [4.78, 5) is 31.4. The second kappa shape index (κ2) is 11.6. The summed E-state index contributed by atoms with van der Waals surface area (Å²) in [5, 5.41) is 4.19. The van der Waals surface area contributed by atoms with Crippen molar-refractivity contribution in [3.8, 4) is 0 Å². The van der Waals surface area contributed by atoms with Gasteiger partial charge < -0.3 is 15.0 Å². The molecule has 9 nitrogen and oxygen atoms in total. The normalized spacial score (nSPS) is 16.6. The van der Waals surface area contributed by atoms with Crippen molar-refractivity contribution in [1.82, 2.24) is 14.2 Å². The molecule has 1 aliphatic rings. The molecular formula is C21H25ClN4O5S2.